The number of hydrogen-bond donors (Lipinski definition) is 2. The first-order chi connectivity index (χ1) is 19.1. The van der Waals surface area contributed by atoms with Crippen LogP contribution in [0.15, 0.2) is 106 Å². The highest BCUT2D eigenvalue weighted by Crippen LogP contribution is 2.43. The Morgan fingerprint density at radius 3 is 2.10 bits per heavy atom. The van der Waals surface area contributed by atoms with Gasteiger partial charge in [-0.15, -0.1) is 0 Å². The number of nitrogens with zero attached hydrogens (tertiary/aromatic N) is 2. The number of methoxy groups -OCH3 is 2. The summed E-state index contributed by atoms with van der Waals surface area (Å²) in [6.45, 7) is 1.78. The lowest BCUT2D eigenvalue weighted by Crippen LogP contribution is -2.40. The van der Waals surface area contributed by atoms with Crippen molar-refractivity contribution >= 4 is 33.3 Å². The maximum Gasteiger partial charge on any atom is 0.355 e. The van der Waals surface area contributed by atoms with Crippen LogP contribution in [0, 0.1) is 18.3 Å². The van der Waals surface area contributed by atoms with Crippen LogP contribution in [0.3, 0.4) is 0 Å². The molecule has 40 heavy (non-hydrogen) atoms. The molecule has 3 aromatic carbocycles. The molecule has 1 atom stereocenters. The number of para-hydroxylation sites is 1. The molecule has 204 valence electrons. The number of allylic oxidation sites excluding steroid dienone is 1. The second-order valence-corrected chi connectivity index (χ2v) is 10.4. The van der Waals surface area contributed by atoms with Gasteiger partial charge in [-0.05, 0) is 48.4 Å². The molecule has 1 unspecified atom stereocenters. The molecule has 3 N–H and O–H groups in total. The summed E-state index contributed by atoms with van der Waals surface area (Å²) in [5.74, 6) is -2.90. The number of carbonyl (C=O) groups is 2. The molecular weight excluding hydrogens is 532 g/mol. The smallest absolute Gasteiger partial charge is 0.355 e. The van der Waals surface area contributed by atoms with Crippen molar-refractivity contribution in [1.82, 2.24) is 0 Å². The topological polar surface area (TPSA) is 152 Å². The fraction of sp³-hybridized carbons (Fsp3) is 0.138. The molecule has 0 saturated heterocycles. The summed E-state index contributed by atoms with van der Waals surface area (Å²) in [7, 11) is -1.66. The number of rotatable bonds is 7. The zero-order valence-corrected chi connectivity index (χ0v) is 22.7. The van der Waals surface area contributed by atoms with Crippen LogP contribution < -0.4 is 15.4 Å². The Labute approximate surface area is 232 Å². The van der Waals surface area contributed by atoms with Crippen LogP contribution in [0.2, 0.25) is 0 Å². The van der Waals surface area contributed by atoms with Crippen LogP contribution >= 0.6 is 0 Å². The first kappa shape index (κ1) is 27.9. The van der Waals surface area contributed by atoms with Gasteiger partial charge >= 0.3 is 11.9 Å². The second-order valence-electron chi connectivity index (χ2n) is 8.75. The number of ether oxygens (including phenoxy) is 2. The first-order valence-corrected chi connectivity index (χ1v) is 13.5. The molecule has 0 aromatic heterocycles. The zero-order chi connectivity index (χ0) is 29.0. The van der Waals surface area contributed by atoms with E-state index in [2.05, 4.69) is 10.8 Å². The molecule has 0 bridgehead atoms. The predicted molar refractivity (Wildman–Crippen MR) is 148 cm³/mol. The normalized spacial score (nSPS) is 15.3. The molecule has 0 radical (unpaired) electrons. The number of hydrogen-bond acceptors (Lipinski definition) is 9. The van der Waals surface area contributed by atoms with Gasteiger partial charge in [0.15, 0.2) is 0 Å². The van der Waals surface area contributed by atoms with Crippen molar-refractivity contribution in [2.24, 2.45) is 5.73 Å². The van der Waals surface area contributed by atoms with Crippen LogP contribution in [0.25, 0.3) is 0 Å². The zero-order valence-electron chi connectivity index (χ0n) is 21.9. The van der Waals surface area contributed by atoms with Gasteiger partial charge in [0, 0.05) is 5.69 Å². The summed E-state index contributed by atoms with van der Waals surface area (Å²) in [4.78, 5) is 27.4. The fourth-order valence-electron chi connectivity index (χ4n) is 4.45. The lowest BCUT2D eigenvalue weighted by atomic mass is 9.81. The predicted octanol–water partition coefficient (Wildman–Crippen LogP) is 3.69. The molecule has 10 nitrogen and oxygen atoms in total. The van der Waals surface area contributed by atoms with Crippen molar-refractivity contribution in [2.45, 2.75) is 17.7 Å². The van der Waals surface area contributed by atoms with E-state index in [0.29, 0.717) is 11.3 Å². The van der Waals surface area contributed by atoms with Crippen LogP contribution in [-0.2, 0) is 29.1 Å². The van der Waals surface area contributed by atoms with E-state index in [1.54, 1.807) is 61.5 Å². The maximum atomic E-state index is 13.2. The maximum absolute atomic E-state index is 13.2. The fourth-order valence-corrected chi connectivity index (χ4v) is 5.58. The summed E-state index contributed by atoms with van der Waals surface area (Å²) in [6, 6.07) is 23.1. The Morgan fingerprint density at radius 1 is 0.925 bits per heavy atom. The lowest BCUT2D eigenvalue weighted by molar-refractivity contribution is -0.139. The Bertz CT molecular complexity index is 1670. The van der Waals surface area contributed by atoms with E-state index in [0.717, 1.165) is 19.8 Å². The minimum atomic E-state index is -3.96. The summed E-state index contributed by atoms with van der Waals surface area (Å²) in [5, 5.41) is 10.1. The minimum absolute atomic E-state index is 0.00262. The van der Waals surface area contributed by atoms with E-state index >= 15 is 0 Å². The third kappa shape index (κ3) is 5.12. The monoisotopic (exact) mass is 558 g/mol. The van der Waals surface area contributed by atoms with Crippen LogP contribution in [0.5, 0.6) is 0 Å². The Morgan fingerprint density at radius 2 is 1.52 bits per heavy atom. The first-order valence-electron chi connectivity index (χ1n) is 12.0. The van der Waals surface area contributed by atoms with Crippen molar-refractivity contribution in [2.75, 3.05) is 23.8 Å². The SMILES string of the molecule is COC(=O)C1=C(C(=O)OC)N(c2ccc(S(=O)(=O)Nc3ccccc3C)cc2)C(N)=C(C#N)C1c1ccccc1. The Kier molecular flexibility index (Phi) is 7.93. The molecule has 0 saturated carbocycles. The van der Waals surface area contributed by atoms with Gasteiger partial charge in [0.1, 0.15) is 11.5 Å². The van der Waals surface area contributed by atoms with Gasteiger partial charge in [0.05, 0.1) is 47.9 Å². The highest BCUT2D eigenvalue weighted by Gasteiger charge is 2.43. The van der Waals surface area contributed by atoms with E-state index in [-0.39, 0.29) is 33.2 Å². The molecule has 3 aromatic rings. The summed E-state index contributed by atoms with van der Waals surface area (Å²) >= 11 is 0. The average molecular weight is 559 g/mol. The van der Waals surface area contributed by atoms with Crippen LogP contribution in [-0.4, -0.2) is 34.6 Å². The standard InChI is InChI=1S/C29H26N4O6S/c1-18-9-7-8-12-23(18)32-40(36,37)21-15-13-20(14-16-21)33-26(29(35)39-3)25(28(34)38-2)24(22(17-30)27(33)31)19-10-5-4-6-11-19/h4-16,24,32H,31H2,1-3H3. The van der Waals surface area contributed by atoms with E-state index < -0.39 is 27.9 Å². The Balaban J connectivity index is 1.87. The largest absolute Gasteiger partial charge is 0.466 e. The van der Waals surface area contributed by atoms with E-state index in [4.69, 9.17) is 15.2 Å². The van der Waals surface area contributed by atoms with Crippen LogP contribution in [0.4, 0.5) is 11.4 Å². The molecule has 11 heteroatoms. The number of benzene rings is 3. The molecule has 0 aliphatic carbocycles. The van der Waals surface area contributed by atoms with Crippen molar-refractivity contribution in [3.05, 3.63) is 113 Å². The van der Waals surface area contributed by atoms with E-state index in [9.17, 15) is 23.3 Å². The molecule has 0 fully saturated rings. The molecule has 1 aliphatic rings. The highest BCUT2D eigenvalue weighted by molar-refractivity contribution is 7.92. The lowest BCUT2D eigenvalue weighted by Gasteiger charge is -2.35. The third-order valence-corrected chi connectivity index (χ3v) is 7.79. The Hall–Kier alpha value is -5.08. The van der Waals surface area contributed by atoms with Gasteiger partial charge < -0.3 is 15.2 Å². The van der Waals surface area contributed by atoms with Gasteiger partial charge in [0.2, 0.25) is 0 Å². The molecule has 1 heterocycles. The van der Waals surface area contributed by atoms with E-state index in [1.165, 1.54) is 29.2 Å². The number of nitriles is 1. The van der Waals surface area contributed by atoms with Gasteiger partial charge in [-0.25, -0.2) is 18.0 Å². The van der Waals surface area contributed by atoms with Crippen LogP contribution in [0.1, 0.15) is 17.0 Å². The van der Waals surface area contributed by atoms with Crippen molar-refractivity contribution in [3.63, 3.8) is 0 Å². The molecular formula is C29H26N4O6S. The number of carbonyl (C=O) groups excluding carboxylic acids is 2. The van der Waals surface area contributed by atoms with Gasteiger partial charge in [0.25, 0.3) is 10.0 Å². The number of nitrogens with one attached hydrogen (secondary N) is 1. The molecule has 0 amide bonds. The third-order valence-electron chi connectivity index (χ3n) is 6.40. The van der Waals surface area contributed by atoms with Gasteiger partial charge in [-0.2, -0.15) is 5.26 Å². The van der Waals surface area contributed by atoms with Crippen molar-refractivity contribution in [3.8, 4) is 6.07 Å². The second kappa shape index (κ2) is 11.3. The summed E-state index contributed by atoms with van der Waals surface area (Å²) in [5.41, 5.74) is 8.00. The number of anilines is 2. The number of aryl methyl sites for hydroxylation is 1. The highest BCUT2D eigenvalue weighted by atomic mass is 32.2. The molecule has 1 aliphatic heterocycles. The van der Waals surface area contributed by atoms with Crippen molar-refractivity contribution < 1.29 is 27.5 Å². The summed E-state index contributed by atoms with van der Waals surface area (Å²) in [6.07, 6.45) is 0. The number of nitrogens with two attached hydrogens (primary N) is 1. The molecule has 0 spiro atoms. The molecule has 4 rings (SSSR count). The van der Waals surface area contributed by atoms with Gasteiger partial charge in [-0.3, -0.25) is 9.62 Å². The quantitative estimate of drug-likeness (QED) is 0.414. The van der Waals surface area contributed by atoms with E-state index in [1.807, 2.05) is 0 Å². The number of esters is 2. The minimum Gasteiger partial charge on any atom is -0.466 e. The summed E-state index contributed by atoms with van der Waals surface area (Å²) < 4.78 is 38.7. The average Bonchev–Trinajstić information content (AvgIpc) is 2.97. The number of sulfonamides is 1. The van der Waals surface area contributed by atoms with Gasteiger partial charge in [-0.1, -0.05) is 48.5 Å². The van der Waals surface area contributed by atoms with Crippen molar-refractivity contribution in [1.29, 1.82) is 5.26 Å².